The molecule has 0 spiro atoms. The fraction of sp³-hybridized carbons (Fsp3) is 0.150. The average molecular weight is 382 g/mol. The molecule has 0 saturated heterocycles. The third-order valence-electron chi connectivity index (χ3n) is 3.99. The zero-order valence-electron chi connectivity index (χ0n) is 15.5. The molecule has 0 saturated carbocycles. The lowest BCUT2D eigenvalue weighted by Crippen LogP contribution is -2.11. The Bertz CT molecular complexity index is 1020. The first-order chi connectivity index (χ1) is 13.3. The number of halogens is 2. The molecule has 0 aliphatic heterocycles. The molecule has 1 heterocycles. The standard InChI is InChI=1S/C20H20F2N6/c1-28(2)11-18-25-20(27-26-18)13-9-15(19(24)16(22)10-13)17(23)8-5-12-3-6-14(21)7-4-12/h3-10,23H,11,24H2,1-2H3,(H,25,26,27)/b8-5+,23-17?. The van der Waals surface area contributed by atoms with Crippen LogP contribution in [0.15, 0.2) is 42.5 Å². The van der Waals surface area contributed by atoms with E-state index in [1.165, 1.54) is 24.3 Å². The van der Waals surface area contributed by atoms with Gasteiger partial charge in [0.15, 0.2) is 5.82 Å². The van der Waals surface area contributed by atoms with Crippen LogP contribution in [0.3, 0.4) is 0 Å². The van der Waals surface area contributed by atoms with E-state index in [2.05, 4.69) is 15.2 Å². The summed E-state index contributed by atoms with van der Waals surface area (Å²) in [7, 11) is 3.80. The van der Waals surface area contributed by atoms with E-state index in [1.807, 2.05) is 19.0 Å². The summed E-state index contributed by atoms with van der Waals surface area (Å²) in [5.74, 6) is -0.0184. The second kappa shape index (κ2) is 8.10. The highest BCUT2D eigenvalue weighted by Gasteiger charge is 2.15. The van der Waals surface area contributed by atoms with Gasteiger partial charge in [-0.25, -0.2) is 13.8 Å². The minimum Gasteiger partial charge on any atom is -0.396 e. The number of hydrogen-bond donors (Lipinski definition) is 3. The first kappa shape index (κ1) is 19.4. The van der Waals surface area contributed by atoms with Crippen LogP contribution >= 0.6 is 0 Å². The van der Waals surface area contributed by atoms with Gasteiger partial charge in [-0.05, 0) is 50.0 Å². The molecular weight excluding hydrogens is 362 g/mol. The van der Waals surface area contributed by atoms with Crippen molar-refractivity contribution < 1.29 is 8.78 Å². The maximum atomic E-state index is 14.3. The van der Waals surface area contributed by atoms with Crippen LogP contribution in [0.25, 0.3) is 17.5 Å². The van der Waals surface area contributed by atoms with E-state index in [1.54, 1.807) is 24.3 Å². The minimum atomic E-state index is -0.647. The molecule has 0 unspecified atom stereocenters. The van der Waals surface area contributed by atoms with Crippen molar-refractivity contribution in [3.8, 4) is 11.4 Å². The van der Waals surface area contributed by atoms with E-state index >= 15 is 0 Å². The first-order valence-electron chi connectivity index (χ1n) is 8.51. The van der Waals surface area contributed by atoms with Crippen LogP contribution in [0.2, 0.25) is 0 Å². The van der Waals surface area contributed by atoms with E-state index in [9.17, 15) is 8.78 Å². The Morgan fingerprint density at radius 2 is 1.93 bits per heavy atom. The largest absolute Gasteiger partial charge is 0.396 e. The predicted octanol–water partition coefficient (Wildman–Crippen LogP) is 3.47. The molecule has 0 amide bonds. The molecule has 3 rings (SSSR count). The summed E-state index contributed by atoms with van der Waals surface area (Å²) in [6.07, 6.45) is 3.12. The van der Waals surface area contributed by atoms with E-state index in [4.69, 9.17) is 11.1 Å². The number of anilines is 1. The van der Waals surface area contributed by atoms with E-state index < -0.39 is 5.82 Å². The summed E-state index contributed by atoms with van der Waals surface area (Å²) in [6.45, 7) is 0.563. The maximum absolute atomic E-state index is 14.3. The Balaban J connectivity index is 1.89. The van der Waals surface area contributed by atoms with Crippen LogP contribution in [0, 0.1) is 17.0 Å². The Kier molecular flexibility index (Phi) is 5.60. The van der Waals surface area contributed by atoms with Gasteiger partial charge in [-0.2, -0.15) is 5.10 Å². The van der Waals surface area contributed by atoms with Crippen LogP contribution in [0.5, 0.6) is 0 Å². The maximum Gasteiger partial charge on any atom is 0.181 e. The lowest BCUT2D eigenvalue weighted by Gasteiger charge is -2.08. The van der Waals surface area contributed by atoms with Gasteiger partial charge in [0.2, 0.25) is 0 Å². The lowest BCUT2D eigenvalue weighted by atomic mass is 10.0. The van der Waals surface area contributed by atoms with Crippen molar-refractivity contribution >= 4 is 17.5 Å². The van der Waals surface area contributed by atoms with Gasteiger partial charge in [0.05, 0.1) is 17.9 Å². The molecule has 0 radical (unpaired) electrons. The third kappa shape index (κ3) is 4.47. The molecule has 3 aromatic rings. The zero-order chi connectivity index (χ0) is 20.3. The van der Waals surface area contributed by atoms with E-state index in [0.717, 1.165) is 0 Å². The summed E-state index contributed by atoms with van der Waals surface area (Å²) in [4.78, 5) is 6.28. The number of hydrogen-bond acceptors (Lipinski definition) is 5. The molecule has 0 fully saturated rings. The molecule has 1 aromatic heterocycles. The summed E-state index contributed by atoms with van der Waals surface area (Å²) in [6, 6.07) is 8.65. The third-order valence-corrected chi connectivity index (χ3v) is 3.99. The number of nitrogens with zero attached hydrogens (tertiary/aromatic N) is 3. The Labute approximate surface area is 161 Å². The first-order valence-corrected chi connectivity index (χ1v) is 8.51. The summed E-state index contributed by atoms with van der Waals surface area (Å²) in [5.41, 5.74) is 7.09. The Morgan fingerprint density at radius 3 is 2.61 bits per heavy atom. The number of aromatic nitrogens is 3. The number of benzene rings is 2. The predicted molar refractivity (Wildman–Crippen MR) is 106 cm³/mol. The fourth-order valence-electron chi connectivity index (χ4n) is 2.61. The number of allylic oxidation sites excluding steroid dienone is 1. The number of H-pyrrole nitrogens is 1. The quantitative estimate of drug-likeness (QED) is 0.449. The molecule has 6 nitrogen and oxygen atoms in total. The second-order valence-corrected chi connectivity index (χ2v) is 6.56. The smallest absolute Gasteiger partial charge is 0.181 e. The molecule has 28 heavy (non-hydrogen) atoms. The summed E-state index contributed by atoms with van der Waals surface area (Å²) in [5, 5.41) is 15.2. The zero-order valence-corrected chi connectivity index (χ0v) is 15.5. The van der Waals surface area contributed by atoms with Crippen molar-refractivity contribution in [1.29, 1.82) is 5.41 Å². The van der Waals surface area contributed by atoms with Crippen LogP contribution in [-0.2, 0) is 6.54 Å². The topological polar surface area (TPSA) is 94.7 Å². The normalized spacial score (nSPS) is 11.5. The molecule has 2 aromatic carbocycles. The van der Waals surface area contributed by atoms with Crippen LogP contribution in [-0.4, -0.2) is 39.9 Å². The summed E-state index contributed by atoms with van der Waals surface area (Å²) < 4.78 is 27.3. The molecule has 0 bridgehead atoms. The fourth-order valence-corrected chi connectivity index (χ4v) is 2.61. The molecular formula is C20H20F2N6. The molecule has 0 atom stereocenters. The SMILES string of the molecule is CN(C)Cc1nc(-c2cc(F)c(N)c(C(=N)/C=C/c3ccc(F)cc3)c2)n[nH]1. The number of rotatable bonds is 6. The number of nitrogen functional groups attached to an aromatic ring is 1. The van der Waals surface area contributed by atoms with Gasteiger partial charge in [0.25, 0.3) is 0 Å². The number of nitrogens with two attached hydrogens (primary N) is 1. The van der Waals surface area contributed by atoms with Gasteiger partial charge in [0.1, 0.15) is 17.5 Å². The van der Waals surface area contributed by atoms with Crippen LogP contribution in [0.4, 0.5) is 14.5 Å². The lowest BCUT2D eigenvalue weighted by molar-refractivity contribution is 0.391. The van der Waals surface area contributed by atoms with Crippen molar-refractivity contribution in [2.45, 2.75) is 6.54 Å². The second-order valence-electron chi connectivity index (χ2n) is 6.56. The monoisotopic (exact) mass is 382 g/mol. The van der Waals surface area contributed by atoms with Gasteiger partial charge < -0.3 is 16.0 Å². The summed E-state index contributed by atoms with van der Waals surface area (Å²) >= 11 is 0. The highest BCUT2D eigenvalue weighted by Crippen LogP contribution is 2.25. The van der Waals surface area contributed by atoms with Crippen LogP contribution in [0.1, 0.15) is 17.0 Å². The van der Waals surface area contributed by atoms with Gasteiger partial charge >= 0.3 is 0 Å². The highest BCUT2D eigenvalue weighted by atomic mass is 19.1. The molecule has 144 valence electrons. The van der Waals surface area contributed by atoms with Gasteiger partial charge in [0, 0.05) is 11.1 Å². The van der Waals surface area contributed by atoms with E-state index in [-0.39, 0.29) is 22.8 Å². The Hall–Kier alpha value is -3.39. The van der Waals surface area contributed by atoms with E-state index in [0.29, 0.717) is 29.3 Å². The van der Waals surface area contributed by atoms with Crippen molar-refractivity contribution in [3.05, 3.63) is 71.1 Å². The van der Waals surface area contributed by atoms with Crippen molar-refractivity contribution in [3.63, 3.8) is 0 Å². The van der Waals surface area contributed by atoms with Crippen molar-refractivity contribution in [2.24, 2.45) is 0 Å². The average Bonchev–Trinajstić information content (AvgIpc) is 3.11. The van der Waals surface area contributed by atoms with Crippen molar-refractivity contribution in [2.75, 3.05) is 19.8 Å². The van der Waals surface area contributed by atoms with Crippen molar-refractivity contribution in [1.82, 2.24) is 20.1 Å². The molecule has 0 aliphatic carbocycles. The Morgan fingerprint density at radius 1 is 1.21 bits per heavy atom. The van der Waals surface area contributed by atoms with Gasteiger partial charge in [-0.15, -0.1) is 0 Å². The number of nitrogens with one attached hydrogen (secondary N) is 2. The number of aromatic amines is 1. The molecule has 4 N–H and O–H groups in total. The highest BCUT2D eigenvalue weighted by molar-refractivity contribution is 6.12. The van der Waals surface area contributed by atoms with Crippen LogP contribution < -0.4 is 5.73 Å². The molecule has 8 heteroatoms. The van der Waals surface area contributed by atoms with Gasteiger partial charge in [-0.1, -0.05) is 18.2 Å². The molecule has 0 aliphatic rings. The van der Waals surface area contributed by atoms with Gasteiger partial charge in [-0.3, -0.25) is 5.10 Å². The minimum absolute atomic E-state index is 0.0200.